The van der Waals surface area contributed by atoms with Gasteiger partial charge in [0, 0.05) is 18.5 Å². The Morgan fingerprint density at radius 1 is 1.32 bits per heavy atom. The molecule has 2 aliphatic carbocycles. The zero-order valence-corrected chi connectivity index (χ0v) is 13.2. The highest BCUT2D eigenvalue weighted by molar-refractivity contribution is 7.89. The molecular formula is C16H20N2O3S. The van der Waals surface area contributed by atoms with Crippen molar-refractivity contribution >= 4 is 15.9 Å². The molecule has 5 nitrogen and oxygen atoms in total. The number of carbonyl (C=O) groups excluding carboxylic acids is 1. The quantitative estimate of drug-likeness (QED) is 0.898. The van der Waals surface area contributed by atoms with Crippen molar-refractivity contribution in [1.29, 1.82) is 0 Å². The SMILES string of the molecule is O=C(CN1CCCS1(=O)=O)N[C@@H]1[C@@H]2CCc3ccccc3[C@@H]21. The molecule has 0 spiro atoms. The van der Waals surface area contributed by atoms with Gasteiger partial charge < -0.3 is 5.32 Å². The predicted octanol–water partition coefficient (Wildman–Crippen LogP) is 0.867. The summed E-state index contributed by atoms with van der Waals surface area (Å²) in [6.07, 6.45) is 2.80. The molecule has 4 rings (SSSR count). The largest absolute Gasteiger partial charge is 0.351 e. The molecule has 1 heterocycles. The number of carbonyl (C=O) groups is 1. The third-order valence-corrected chi connectivity index (χ3v) is 7.08. The van der Waals surface area contributed by atoms with Crippen LogP contribution in [-0.2, 0) is 21.2 Å². The maximum absolute atomic E-state index is 12.2. The number of hydrogen-bond acceptors (Lipinski definition) is 3. The number of amides is 1. The number of nitrogens with zero attached hydrogens (tertiary/aromatic N) is 1. The van der Waals surface area contributed by atoms with E-state index in [1.807, 2.05) is 0 Å². The Morgan fingerprint density at radius 3 is 2.91 bits per heavy atom. The fourth-order valence-electron chi connectivity index (χ4n) is 4.02. The highest BCUT2D eigenvalue weighted by atomic mass is 32.2. The Kier molecular flexibility index (Phi) is 3.27. The van der Waals surface area contributed by atoms with E-state index in [2.05, 4.69) is 29.6 Å². The van der Waals surface area contributed by atoms with Gasteiger partial charge in [0.1, 0.15) is 0 Å². The molecule has 0 radical (unpaired) electrons. The van der Waals surface area contributed by atoms with E-state index in [1.165, 1.54) is 15.4 Å². The summed E-state index contributed by atoms with van der Waals surface area (Å²) in [5, 5.41) is 3.06. The van der Waals surface area contributed by atoms with Gasteiger partial charge in [-0.2, -0.15) is 4.31 Å². The van der Waals surface area contributed by atoms with Gasteiger partial charge in [0.15, 0.2) is 0 Å². The molecular weight excluding hydrogens is 300 g/mol. The molecule has 0 aromatic heterocycles. The van der Waals surface area contributed by atoms with E-state index in [0.29, 0.717) is 24.8 Å². The summed E-state index contributed by atoms with van der Waals surface area (Å²) in [5.74, 6) is 0.947. The Bertz CT molecular complexity index is 716. The van der Waals surface area contributed by atoms with Crippen LogP contribution in [-0.4, -0.2) is 43.5 Å². The molecule has 1 aromatic carbocycles. The molecule has 1 N–H and O–H groups in total. The van der Waals surface area contributed by atoms with Gasteiger partial charge in [-0.1, -0.05) is 24.3 Å². The zero-order valence-electron chi connectivity index (χ0n) is 12.4. The molecule has 2 fully saturated rings. The number of aryl methyl sites for hydroxylation is 1. The number of fused-ring (bicyclic) bond motifs is 3. The second-order valence-electron chi connectivity index (χ2n) is 6.52. The molecule has 1 saturated carbocycles. The average Bonchev–Trinajstić information content (AvgIpc) is 3.09. The van der Waals surface area contributed by atoms with Crippen LogP contribution < -0.4 is 5.32 Å². The molecule has 1 amide bonds. The van der Waals surface area contributed by atoms with E-state index >= 15 is 0 Å². The summed E-state index contributed by atoms with van der Waals surface area (Å²) in [5.41, 5.74) is 2.75. The first-order valence-corrected chi connectivity index (χ1v) is 9.52. The lowest BCUT2D eigenvalue weighted by atomic mass is 9.92. The van der Waals surface area contributed by atoms with Crippen LogP contribution in [0.4, 0.5) is 0 Å². The maximum atomic E-state index is 12.2. The van der Waals surface area contributed by atoms with Crippen LogP contribution in [0.1, 0.15) is 29.9 Å². The Hall–Kier alpha value is -1.40. The normalized spacial score (nSPS) is 32.1. The second kappa shape index (κ2) is 5.06. The Labute approximate surface area is 130 Å². The third-order valence-electron chi connectivity index (χ3n) is 5.18. The standard InChI is InChI=1S/C16H20N2O3S/c19-14(10-18-8-3-9-22(18,20)21)17-16-13-7-6-11-4-1-2-5-12(11)15(13)16/h1-2,4-5,13,15-16H,3,6-10H2,(H,17,19)/t13-,15+,16-/m1/s1. The van der Waals surface area contributed by atoms with E-state index in [1.54, 1.807) is 0 Å². The predicted molar refractivity (Wildman–Crippen MR) is 82.9 cm³/mol. The maximum Gasteiger partial charge on any atom is 0.235 e. The summed E-state index contributed by atoms with van der Waals surface area (Å²) in [7, 11) is -3.20. The van der Waals surface area contributed by atoms with Gasteiger partial charge in [-0.3, -0.25) is 4.79 Å². The van der Waals surface area contributed by atoms with E-state index in [-0.39, 0.29) is 24.2 Å². The minimum atomic E-state index is -3.20. The van der Waals surface area contributed by atoms with Crippen LogP contribution in [0, 0.1) is 5.92 Å². The van der Waals surface area contributed by atoms with Crippen molar-refractivity contribution in [2.75, 3.05) is 18.8 Å². The lowest BCUT2D eigenvalue weighted by molar-refractivity contribution is -0.121. The van der Waals surface area contributed by atoms with Gasteiger partial charge in [-0.25, -0.2) is 8.42 Å². The summed E-state index contributed by atoms with van der Waals surface area (Å²) in [4.78, 5) is 12.2. The minimum absolute atomic E-state index is 0.0279. The first kappa shape index (κ1) is 14.2. The fraction of sp³-hybridized carbons (Fsp3) is 0.562. The van der Waals surface area contributed by atoms with Crippen molar-refractivity contribution < 1.29 is 13.2 Å². The Balaban J connectivity index is 1.41. The summed E-state index contributed by atoms with van der Waals surface area (Å²) in [6.45, 7) is 0.441. The van der Waals surface area contributed by atoms with Crippen molar-refractivity contribution in [2.24, 2.45) is 5.92 Å². The lowest BCUT2D eigenvalue weighted by Gasteiger charge is -2.14. The van der Waals surface area contributed by atoms with Gasteiger partial charge in [0.25, 0.3) is 0 Å². The number of rotatable bonds is 3. The van der Waals surface area contributed by atoms with Crippen LogP contribution in [0.3, 0.4) is 0 Å². The smallest absolute Gasteiger partial charge is 0.235 e. The van der Waals surface area contributed by atoms with Gasteiger partial charge in [-0.15, -0.1) is 0 Å². The average molecular weight is 320 g/mol. The van der Waals surface area contributed by atoms with Crippen LogP contribution in [0.2, 0.25) is 0 Å². The van der Waals surface area contributed by atoms with E-state index in [9.17, 15) is 13.2 Å². The molecule has 22 heavy (non-hydrogen) atoms. The van der Waals surface area contributed by atoms with Gasteiger partial charge in [-0.05, 0) is 36.3 Å². The van der Waals surface area contributed by atoms with Crippen molar-refractivity contribution in [1.82, 2.24) is 9.62 Å². The van der Waals surface area contributed by atoms with E-state index in [0.717, 1.165) is 12.8 Å². The highest BCUT2D eigenvalue weighted by Gasteiger charge is 2.53. The molecule has 0 bridgehead atoms. The first-order chi connectivity index (χ1) is 10.6. The molecule has 1 aliphatic heterocycles. The summed E-state index contributed by atoms with van der Waals surface area (Å²) in [6, 6.07) is 8.62. The Morgan fingerprint density at radius 2 is 2.14 bits per heavy atom. The van der Waals surface area contributed by atoms with Crippen molar-refractivity contribution in [2.45, 2.75) is 31.2 Å². The van der Waals surface area contributed by atoms with E-state index < -0.39 is 10.0 Å². The molecule has 6 heteroatoms. The van der Waals surface area contributed by atoms with Gasteiger partial charge >= 0.3 is 0 Å². The number of benzene rings is 1. The van der Waals surface area contributed by atoms with Gasteiger partial charge in [0.05, 0.1) is 12.3 Å². The van der Waals surface area contributed by atoms with Crippen LogP contribution in [0.15, 0.2) is 24.3 Å². The molecule has 3 aliphatic rings. The third kappa shape index (κ3) is 2.34. The van der Waals surface area contributed by atoms with Crippen LogP contribution in [0.5, 0.6) is 0 Å². The van der Waals surface area contributed by atoms with Crippen molar-refractivity contribution in [3.05, 3.63) is 35.4 Å². The monoisotopic (exact) mass is 320 g/mol. The van der Waals surface area contributed by atoms with E-state index in [4.69, 9.17) is 0 Å². The van der Waals surface area contributed by atoms with Crippen molar-refractivity contribution in [3.8, 4) is 0 Å². The van der Waals surface area contributed by atoms with Crippen molar-refractivity contribution in [3.63, 3.8) is 0 Å². The number of hydrogen-bond donors (Lipinski definition) is 1. The second-order valence-corrected chi connectivity index (χ2v) is 8.61. The van der Waals surface area contributed by atoms with Crippen LogP contribution in [0.25, 0.3) is 0 Å². The molecule has 3 atom stereocenters. The molecule has 0 unspecified atom stereocenters. The zero-order chi connectivity index (χ0) is 15.3. The number of nitrogens with one attached hydrogen (secondary N) is 1. The summed E-state index contributed by atoms with van der Waals surface area (Å²) < 4.78 is 24.8. The highest BCUT2D eigenvalue weighted by Crippen LogP contribution is 2.54. The fourth-order valence-corrected chi connectivity index (χ4v) is 5.50. The minimum Gasteiger partial charge on any atom is -0.351 e. The molecule has 1 aromatic rings. The van der Waals surface area contributed by atoms with Crippen LogP contribution >= 0.6 is 0 Å². The molecule has 1 saturated heterocycles. The first-order valence-electron chi connectivity index (χ1n) is 7.91. The topological polar surface area (TPSA) is 66.5 Å². The summed E-state index contributed by atoms with van der Waals surface area (Å²) >= 11 is 0. The molecule has 118 valence electrons. The lowest BCUT2D eigenvalue weighted by Crippen LogP contribution is -2.39. The number of sulfonamides is 1. The van der Waals surface area contributed by atoms with Gasteiger partial charge in [0.2, 0.25) is 15.9 Å².